The maximum atomic E-state index is 2.50. The Kier molecular flexibility index (Phi) is 12.9. The minimum Gasteiger partial charge on any atom is -0.135 e. The lowest BCUT2D eigenvalue weighted by atomic mass is 9.80. The Morgan fingerprint density at radius 3 is 1.66 bits per heavy atom. The highest BCUT2D eigenvalue weighted by Gasteiger charge is 2.37. The molecule has 8 aromatic carbocycles. The smallest absolute Gasteiger partial charge is 0.0358 e. The summed E-state index contributed by atoms with van der Waals surface area (Å²) in [5, 5.41) is 5.60. The number of hydrogen-bond acceptors (Lipinski definition) is 1. The van der Waals surface area contributed by atoms with Gasteiger partial charge in [-0.1, -0.05) is 208 Å². The van der Waals surface area contributed by atoms with E-state index in [0.717, 1.165) is 12.8 Å². The van der Waals surface area contributed by atoms with E-state index in [2.05, 4.69) is 207 Å². The summed E-state index contributed by atoms with van der Waals surface area (Å²) >= 11 is 1.91. The standard InChI is InChI=1S/C35H30S.2C8H10.C7H8/c1-21(25-13-9-15-32-34(25)28-12-7-8-14-31(28)36-32)18-23-16-17-27-29(20-23)35(3,4)30-19-22(2)24-10-5-6-11-26(24)33(27)30;1-7-3-5-8(2)6-4-7;1-2-8-6-4-3-5-7-8;1-7-5-3-2-4-6-7/h5-17,19-21H,18H2,1-4H3;3-6H,1-2H3;3-7H,2H2,1H3;2-6H,1H3. The van der Waals surface area contributed by atoms with Crippen LogP contribution in [0.5, 0.6) is 0 Å². The van der Waals surface area contributed by atoms with Crippen molar-refractivity contribution in [2.75, 3.05) is 0 Å². The van der Waals surface area contributed by atoms with Gasteiger partial charge in [0.1, 0.15) is 0 Å². The van der Waals surface area contributed by atoms with Crippen molar-refractivity contribution in [2.24, 2.45) is 0 Å². The predicted octanol–water partition coefficient (Wildman–Crippen LogP) is 16.7. The average molecular weight is 787 g/mol. The molecule has 0 saturated heterocycles. The maximum Gasteiger partial charge on any atom is 0.0358 e. The van der Waals surface area contributed by atoms with Crippen LogP contribution >= 0.6 is 11.3 Å². The SMILES string of the molecule is CCc1ccccc1.Cc1cc2c(c3ccccc13)-c1ccc(CC(C)c3cccc4sc5ccccc5c34)cc1C2(C)C.Cc1ccc(C)cc1.Cc1ccccc1. The first-order chi connectivity index (χ1) is 28.5. The van der Waals surface area contributed by atoms with Crippen LogP contribution in [0.25, 0.3) is 42.1 Å². The number of benzene rings is 8. The Hall–Kier alpha value is -5.76. The fraction of sp³-hybridized carbons (Fsp3) is 0.207. The molecule has 0 spiro atoms. The Morgan fingerprint density at radius 2 is 1.05 bits per heavy atom. The van der Waals surface area contributed by atoms with E-state index in [9.17, 15) is 0 Å². The normalized spacial score (nSPS) is 12.6. The minimum absolute atomic E-state index is 0.00226. The van der Waals surface area contributed by atoms with Crippen molar-refractivity contribution in [1.82, 2.24) is 0 Å². The molecule has 1 aliphatic rings. The van der Waals surface area contributed by atoms with Crippen molar-refractivity contribution >= 4 is 42.3 Å². The molecule has 0 aliphatic heterocycles. The monoisotopic (exact) mass is 786 g/mol. The number of aryl methyl sites for hydroxylation is 5. The first-order valence-electron chi connectivity index (χ1n) is 21.2. The molecular weight excluding hydrogens is 729 g/mol. The van der Waals surface area contributed by atoms with Gasteiger partial charge in [-0.05, 0) is 114 Å². The number of rotatable bonds is 4. The average Bonchev–Trinajstić information content (AvgIpc) is 3.75. The number of hydrogen-bond donors (Lipinski definition) is 0. The number of fused-ring (bicyclic) bond motifs is 8. The van der Waals surface area contributed by atoms with Crippen LogP contribution < -0.4 is 0 Å². The third kappa shape index (κ3) is 9.27. The van der Waals surface area contributed by atoms with Gasteiger partial charge in [-0.25, -0.2) is 0 Å². The molecule has 1 atom stereocenters. The summed E-state index contributed by atoms with van der Waals surface area (Å²) in [7, 11) is 0. The van der Waals surface area contributed by atoms with Gasteiger partial charge in [-0.3, -0.25) is 0 Å². The fourth-order valence-electron chi connectivity index (χ4n) is 8.50. The molecule has 0 fully saturated rings. The molecule has 1 aliphatic carbocycles. The molecule has 0 N–H and O–H groups in total. The quantitative estimate of drug-likeness (QED) is 0.167. The molecule has 0 nitrogen and oxygen atoms in total. The Labute approximate surface area is 357 Å². The van der Waals surface area contributed by atoms with Gasteiger partial charge in [0.05, 0.1) is 0 Å². The Bertz CT molecular complexity index is 2760. The molecule has 0 saturated carbocycles. The Morgan fingerprint density at radius 1 is 0.492 bits per heavy atom. The van der Waals surface area contributed by atoms with Crippen LogP contribution in [0.1, 0.15) is 83.7 Å². The Balaban J connectivity index is 0.000000185. The summed E-state index contributed by atoms with van der Waals surface area (Å²) in [5.74, 6) is 0.444. The molecule has 1 heterocycles. The van der Waals surface area contributed by atoms with Crippen LogP contribution in [0.2, 0.25) is 0 Å². The highest BCUT2D eigenvalue weighted by atomic mass is 32.1. The topological polar surface area (TPSA) is 0 Å². The van der Waals surface area contributed by atoms with E-state index in [0.29, 0.717) is 5.92 Å². The van der Waals surface area contributed by atoms with E-state index >= 15 is 0 Å². The van der Waals surface area contributed by atoms with Crippen LogP contribution in [0, 0.1) is 27.7 Å². The van der Waals surface area contributed by atoms with E-state index in [1.165, 1.54) is 92.1 Å². The van der Waals surface area contributed by atoms with Crippen molar-refractivity contribution in [3.8, 4) is 11.1 Å². The molecular formula is C58H58S. The van der Waals surface area contributed by atoms with Crippen molar-refractivity contribution in [2.45, 2.75) is 79.6 Å². The summed E-state index contributed by atoms with van der Waals surface area (Å²) in [4.78, 5) is 0. The molecule has 9 aromatic rings. The van der Waals surface area contributed by atoms with Gasteiger partial charge in [0.25, 0.3) is 0 Å². The molecule has 296 valence electrons. The lowest BCUT2D eigenvalue weighted by molar-refractivity contribution is 0.657. The summed E-state index contributed by atoms with van der Waals surface area (Å²) in [6.45, 7) is 17.9. The summed E-state index contributed by atoms with van der Waals surface area (Å²) in [6, 6.07) is 63.5. The van der Waals surface area contributed by atoms with Gasteiger partial charge >= 0.3 is 0 Å². The lowest BCUT2D eigenvalue weighted by Crippen LogP contribution is -2.15. The second-order valence-corrected chi connectivity index (χ2v) is 17.8. The third-order valence-corrected chi connectivity index (χ3v) is 13.0. The van der Waals surface area contributed by atoms with E-state index in [1.54, 1.807) is 0 Å². The highest BCUT2D eigenvalue weighted by Crippen LogP contribution is 2.52. The summed E-state index contributed by atoms with van der Waals surface area (Å²) in [6.07, 6.45) is 2.18. The second-order valence-electron chi connectivity index (χ2n) is 16.7. The summed E-state index contributed by atoms with van der Waals surface area (Å²) < 4.78 is 2.78. The first-order valence-corrected chi connectivity index (χ1v) is 22.0. The van der Waals surface area contributed by atoms with Crippen molar-refractivity contribution in [3.63, 3.8) is 0 Å². The molecule has 1 heteroatoms. The minimum atomic E-state index is 0.00226. The van der Waals surface area contributed by atoms with Crippen molar-refractivity contribution < 1.29 is 0 Å². The maximum absolute atomic E-state index is 2.50. The zero-order valence-corrected chi connectivity index (χ0v) is 37.0. The van der Waals surface area contributed by atoms with Gasteiger partial charge < -0.3 is 0 Å². The highest BCUT2D eigenvalue weighted by molar-refractivity contribution is 7.25. The molecule has 0 amide bonds. The van der Waals surface area contributed by atoms with Gasteiger partial charge in [0.2, 0.25) is 0 Å². The van der Waals surface area contributed by atoms with Crippen LogP contribution in [0.4, 0.5) is 0 Å². The first kappa shape index (κ1) is 41.4. The zero-order chi connectivity index (χ0) is 41.5. The molecule has 0 radical (unpaired) electrons. The predicted molar refractivity (Wildman–Crippen MR) is 261 cm³/mol. The van der Waals surface area contributed by atoms with E-state index < -0.39 is 0 Å². The van der Waals surface area contributed by atoms with Crippen LogP contribution in [0.15, 0.2) is 176 Å². The van der Waals surface area contributed by atoms with Gasteiger partial charge in [-0.2, -0.15) is 0 Å². The van der Waals surface area contributed by atoms with Crippen molar-refractivity contribution in [1.29, 1.82) is 0 Å². The molecule has 59 heavy (non-hydrogen) atoms. The second kappa shape index (κ2) is 18.4. The largest absolute Gasteiger partial charge is 0.135 e. The zero-order valence-electron chi connectivity index (χ0n) is 36.1. The van der Waals surface area contributed by atoms with E-state index in [-0.39, 0.29) is 5.41 Å². The molecule has 0 bridgehead atoms. The summed E-state index contributed by atoms with van der Waals surface area (Å²) in [5.41, 5.74) is 15.4. The third-order valence-electron chi connectivity index (χ3n) is 11.9. The van der Waals surface area contributed by atoms with Gasteiger partial charge in [-0.15, -0.1) is 11.3 Å². The van der Waals surface area contributed by atoms with Gasteiger partial charge in [0, 0.05) is 25.6 Å². The van der Waals surface area contributed by atoms with Crippen LogP contribution in [-0.2, 0) is 18.3 Å². The van der Waals surface area contributed by atoms with Crippen LogP contribution in [-0.4, -0.2) is 0 Å². The van der Waals surface area contributed by atoms with E-state index in [4.69, 9.17) is 0 Å². The van der Waals surface area contributed by atoms with Gasteiger partial charge in [0.15, 0.2) is 0 Å². The number of thiophene rings is 1. The van der Waals surface area contributed by atoms with E-state index in [1.807, 2.05) is 35.6 Å². The molecule has 1 unspecified atom stereocenters. The van der Waals surface area contributed by atoms with Crippen molar-refractivity contribution in [3.05, 3.63) is 226 Å². The lowest BCUT2D eigenvalue weighted by Gasteiger charge is -2.23. The molecule has 10 rings (SSSR count). The molecule has 1 aromatic heterocycles. The fourth-order valence-corrected chi connectivity index (χ4v) is 9.64. The van der Waals surface area contributed by atoms with Crippen LogP contribution in [0.3, 0.4) is 0 Å².